The van der Waals surface area contributed by atoms with Gasteiger partial charge in [-0.3, -0.25) is 9.59 Å². The number of piperidine rings is 1. The average molecular weight is 362 g/mol. The summed E-state index contributed by atoms with van der Waals surface area (Å²) in [6.07, 6.45) is 8.53. The minimum absolute atomic E-state index is 0. The van der Waals surface area contributed by atoms with E-state index in [0.29, 0.717) is 25.9 Å². The summed E-state index contributed by atoms with van der Waals surface area (Å²) in [6.45, 7) is 2.55. The van der Waals surface area contributed by atoms with Crippen molar-refractivity contribution < 1.29 is 14.3 Å². The first kappa shape index (κ1) is 21.2. The van der Waals surface area contributed by atoms with Crippen LogP contribution in [0.4, 0.5) is 0 Å². The van der Waals surface area contributed by atoms with Crippen molar-refractivity contribution >= 4 is 24.2 Å². The topological polar surface area (TPSA) is 84.7 Å². The van der Waals surface area contributed by atoms with Gasteiger partial charge in [0.1, 0.15) is 0 Å². The van der Waals surface area contributed by atoms with E-state index in [0.717, 1.165) is 51.7 Å². The minimum atomic E-state index is -0.0268. The average Bonchev–Trinajstić information content (AvgIpc) is 2.59. The maximum absolute atomic E-state index is 12.6. The third-order valence-electron chi connectivity index (χ3n) is 4.81. The maximum atomic E-state index is 12.6. The second kappa shape index (κ2) is 11.7. The number of carbonyl (C=O) groups is 2. The Morgan fingerprint density at radius 2 is 1.92 bits per heavy atom. The van der Waals surface area contributed by atoms with Crippen LogP contribution in [0.2, 0.25) is 0 Å². The molecule has 2 heterocycles. The molecule has 0 aliphatic carbocycles. The van der Waals surface area contributed by atoms with Crippen molar-refractivity contribution in [2.24, 2.45) is 5.73 Å². The van der Waals surface area contributed by atoms with E-state index in [2.05, 4.69) is 5.32 Å². The summed E-state index contributed by atoms with van der Waals surface area (Å²) in [5, 5.41) is 2.91. The highest BCUT2D eigenvalue weighted by Gasteiger charge is 2.27. The number of halogens is 1. The lowest BCUT2D eigenvalue weighted by atomic mass is 9.99. The van der Waals surface area contributed by atoms with Gasteiger partial charge < -0.3 is 20.7 Å². The molecule has 3 N–H and O–H groups in total. The van der Waals surface area contributed by atoms with E-state index in [1.54, 1.807) is 0 Å². The van der Waals surface area contributed by atoms with E-state index in [4.69, 9.17) is 10.5 Å². The fourth-order valence-electron chi connectivity index (χ4n) is 3.46. The molecule has 2 rings (SSSR count). The van der Waals surface area contributed by atoms with Crippen molar-refractivity contribution in [3.63, 3.8) is 0 Å². The number of hydrogen-bond acceptors (Lipinski definition) is 4. The Hall–Kier alpha value is -0.850. The molecule has 2 saturated heterocycles. The second-order valence-corrected chi connectivity index (χ2v) is 6.61. The molecule has 2 aliphatic heterocycles. The zero-order chi connectivity index (χ0) is 16.5. The highest BCUT2D eigenvalue weighted by atomic mass is 35.5. The number of amides is 2. The van der Waals surface area contributed by atoms with E-state index < -0.39 is 0 Å². The summed E-state index contributed by atoms with van der Waals surface area (Å²) < 4.78 is 5.71. The number of rotatable bonds is 7. The molecule has 6 nitrogen and oxygen atoms in total. The Bertz CT molecular complexity index is 389. The molecule has 0 aromatic rings. The van der Waals surface area contributed by atoms with Crippen LogP contribution in [-0.4, -0.2) is 55.1 Å². The molecule has 7 heteroatoms. The van der Waals surface area contributed by atoms with Crippen LogP contribution in [0.3, 0.4) is 0 Å². The fraction of sp³-hybridized carbons (Fsp3) is 0.882. The molecule has 0 bridgehead atoms. The zero-order valence-electron chi connectivity index (χ0n) is 14.5. The second-order valence-electron chi connectivity index (χ2n) is 6.61. The van der Waals surface area contributed by atoms with E-state index >= 15 is 0 Å². The molecule has 0 aromatic carbocycles. The van der Waals surface area contributed by atoms with Crippen molar-refractivity contribution in [3.8, 4) is 0 Å². The molecule has 0 aromatic heterocycles. The molecule has 0 spiro atoms. The summed E-state index contributed by atoms with van der Waals surface area (Å²) in [5.41, 5.74) is 5.39. The van der Waals surface area contributed by atoms with E-state index in [-0.39, 0.29) is 36.4 Å². The first-order valence-corrected chi connectivity index (χ1v) is 9.08. The molecule has 2 aliphatic rings. The van der Waals surface area contributed by atoms with Crippen LogP contribution in [0.5, 0.6) is 0 Å². The normalized spacial score (nSPS) is 24.1. The standard InChI is InChI=1S/C17H31N3O3.ClH/c18-10-9-16(21)19-13-14-5-1-3-11-20(14)17(22)8-7-15-6-2-4-12-23-15;/h14-15H,1-13,18H2,(H,19,21);1H. The van der Waals surface area contributed by atoms with Gasteiger partial charge in [0.2, 0.25) is 11.8 Å². The van der Waals surface area contributed by atoms with Crippen molar-refractivity contribution in [3.05, 3.63) is 0 Å². The molecular formula is C17H32ClN3O3. The van der Waals surface area contributed by atoms with Gasteiger partial charge in [-0.05, 0) is 44.9 Å². The van der Waals surface area contributed by atoms with Gasteiger partial charge in [-0.25, -0.2) is 0 Å². The van der Waals surface area contributed by atoms with Crippen LogP contribution in [0, 0.1) is 0 Å². The molecule has 2 amide bonds. The lowest BCUT2D eigenvalue weighted by molar-refractivity contribution is -0.136. The van der Waals surface area contributed by atoms with Crippen LogP contribution >= 0.6 is 12.4 Å². The van der Waals surface area contributed by atoms with Gasteiger partial charge in [0, 0.05) is 45.1 Å². The minimum Gasteiger partial charge on any atom is -0.378 e. The Kier molecular flexibility index (Phi) is 10.3. The Balaban J connectivity index is 0.00000288. The van der Waals surface area contributed by atoms with Crippen molar-refractivity contribution in [2.45, 2.75) is 69.9 Å². The Morgan fingerprint density at radius 3 is 2.62 bits per heavy atom. The van der Waals surface area contributed by atoms with Crippen LogP contribution in [0.1, 0.15) is 57.8 Å². The van der Waals surface area contributed by atoms with Crippen LogP contribution in [-0.2, 0) is 14.3 Å². The van der Waals surface area contributed by atoms with Gasteiger partial charge in [-0.2, -0.15) is 0 Å². The Labute approximate surface area is 151 Å². The van der Waals surface area contributed by atoms with Gasteiger partial charge in [0.15, 0.2) is 0 Å². The molecule has 140 valence electrons. The summed E-state index contributed by atoms with van der Waals surface area (Å²) in [5.74, 6) is 0.179. The molecule has 2 unspecified atom stereocenters. The summed E-state index contributed by atoms with van der Waals surface area (Å²) in [7, 11) is 0. The number of nitrogens with zero attached hydrogens (tertiary/aromatic N) is 1. The van der Waals surface area contributed by atoms with Crippen LogP contribution in [0.25, 0.3) is 0 Å². The van der Waals surface area contributed by atoms with Gasteiger partial charge in [-0.1, -0.05) is 0 Å². The summed E-state index contributed by atoms with van der Waals surface area (Å²) in [6, 6.07) is 0.130. The van der Waals surface area contributed by atoms with Crippen molar-refractivity contribution in [2.75, 3.05) is 26.2 Å². The highest BCUT2D eigenvalue weighted by Crippen LogP contribution is 2.21. The van der Waals surface area contributed by atoms with Crippen LogP contribution < -0.4 is 11.1 Å². The van der Waals surface area contributed by atoms with E-state index in [1.165, 1.54) is 6.42 Å². The predicted octanol–water partition coefficient (Wildman–Crippen LogP) is 1.60. The number of hydrogen-bond donors (Lipinski definition) is 2. The number of nitrogens with one attached hydrogen (secondary N) is 1. The lowest BCUT2D eigenvalue weighted by Gasteiger charge is -2.36. The summed E-state index contributed by atoms with van der Waals surface area (Å²) >= 11 is 0. The smallest absolute Gasteiger partial charge is 0.222 e. The predicted molar refractivity (Wildman–Crippen MR) is 96.1 cm³/mol. The molecule has 24 heavy (non-hydrogen) atoms. The zero-order valence-corrected chi connectivity index (χ0v) is 15.3. The van der Waals surface area contributed by atoms with E-state index in [1.807, 2.05) is 4.90 Å². The largest absolute Gasteiger partial charge is 0.378 e. The fourth-order valence-corrected chi connectivity index (χ4v) is 3.46. The SMILES string of the molecule is Cl.NCCC(=O)NCC1CCCCN1C(=O)CCC1CCCCO1. The molecular weight excluding hydrogens is 330 g/mol. The van der Waals surface area contributed by atoms with Crippen LogP contribution in [0.15, 0.2) is 0 Å². The van der Waals surface area contributed by atoms with Gasteiger partial charge in [-0.15, -0.1) is 12.4 Å². The Morgan fingerprint density at radius 1 is 1.12 bits per heavy atom. The molecule has 2 fully saturated rings. The molecule has 0 radical (unpaired) electrons. The van der Waals surface area contributed by atoms with Gasteiger partial charge in [0.25, 0.3) is 0 Å². The van der Waals surface area contributed by atoms with E-state index in [9.17, 15) is 9.59 Å². The first-order chi connectivity index (χ1) is 11.2. The number of ether oxygens (including phenoxy) is 1. The van der Waals surface area contributed by atoms with Gasteiger partial charge in [0.05, 0.1) is 6.10 Å². The number of likely N-dealkylation sites (tertiary alicyclic amines) is 1. The third-order valence-corrected chi connectivity index (χ3v) is 4.81. The number of carbonyl (C=O) groups excluding carboxylic acids is 2. The lowest BCUT2D eigenvalue weighted by Crippen LogP contribution is -2.49. The quantitative estimate of drug-likeness (QED) is 0.721. The highest BCUT2D eigenvalue weighted by molar-refractivity contribution is 5.85. The summed E-state index contributed by atoms with van der Waals surface area (Å²) in [4.78, 5) is 26.1. The maximum Gasteiger partial charge on any atom is 0.222 e. The third kappa shape index (κ3) is 6.95. The first-order valence-electron chi connectivity index (χ1n) is 9.08. The van der Waals surface area contributed by atoms with Crippen molar-refractivity contribution in [1.29, 1.82) is 0 Å². The molecule has 0 saturated carbocycles. The monoisotopic (exact) mass is 361 g/mol. The van der Waals surface area contributed by atoms with Crippen molar-refractivity contribution in [1.82, 2.24) is 10.2 Å². The number of nitrogens with two attached hydrogens (primary N) is 1. The molecule has 2 atom stereocenters. The van der Waals surface area contributed by atoms with Gasteiger partial charge >= 0.3 is 0 Å².